The van der Waals surface area contributed by atoms with Gasteiger partial charge in [0.05, 0.1) is 6.10 Å². The van der Waals surface area contributed by atoms with Crippen molar-refractivity contribution >= 4 is 11.8 Å². The van der Waals surface area contributed by atoms with Gasteiger partial charge in [-0.05, 0) is 43.5 Å². The molecule has 1 N–H and O–H groups in total. The highest BCUT2D eigenvalue weighted by atomic mass is 32.2. The van der Waals surface area contributed by atoms with E-state index >= 15 is 0 Å². The Hall–Kier alpha value is -2.47. The van der Waals surface area contributed by atoms with Crippen LogP contribution in [0.3, 0.4) is 0 Å². The molecular formula is C20H23N3O2S. The Morgan fingerprint density at radius 2 is 1.88 bits per heavy atom. The number of nitrogens with zero attached hydrogens (tertiary/aromatic N) is 2. The Labute approximate surface area is 157 Å². The van der Waals surface area contributed by atoms with Crippen LogP contribution in [0.5, 0.6) is 5.75 Å². The summed E-state index contributed by atoms with van der Waals surface area (Å²) in [5.41, 5.74) is 2.17. The maximum atomic E-state index is 12.1. The lowest BCUT2D eigenvalue weighted by Gasteiger charge is -2.11. The lowest BCUT2D eigenvalue weighted by atomic mass is 10.1. The second kappa shape index (κ2) is 8.76. The summed E-state index contributed by atoms with van der Waals surface area (Å²) in [4.78, 5) is 12.1. The molecule has 0 unspecified atom stereocenters. The molecule has 1 aromatic heterocycles. The van der Waals surface area contributed by atoms with Crippen molar-refractivity contribution < 1.29 is 4.74 Å². The largest absolute Gasteiger partial charge is 0.491 e. The van der Waals surface area contributed by atoms with E-state index in [1.807, 2.05) is 50.2 Å². The highest BCUT2D eigenvalue weighted by molar-refractivity contribution is 7.98. The van der Waals surface area contributed by atoms with E-state index in [4.69, 9.17) is 4.74 Å². The highest BCUT2D eigenvalue weighted by Gasteiger charge is 2.10. The van der Waals surface area contributed by atoms with Gasteiger partial charge in [-0.25, -0.2) is 9.89 Å². The Bertz CT molecular complexity index is 887. The Kier molecular flexibility index (Phi) is 6.17. The third-order valence-electron chi connectivity index (χ3n) is 3.83. The summed E-state index contributed by atoms with van der Waals surface area (Å²) in [6, 6.07) is 18.2. The van der Waals surface area contributed by atoms with Crippen molar-refractivity contribution in [3.63, 3.8) is 0 Å². The van der Waals surface area contributed by atoms with Gasteiger partial charge in [-0.1, -0.05) is 54.2 Å². The van der Waals surface area contributed by atoms with Gasteiger partial charge in [0.15, 0.2) is 5.16 Å². The number of rotatable bonds is 8. The molecule has 0 bridgehead atoms. The average molecular weight is 369 g/mol. The van der Waals surface area contributed by atoms with E-state index in [-0.39, 0.29) is 11.8 Å². The molecule has 0 radical (unpaired) electrons. The number of nitrogens with one attached hydrogen (secondary N) is 1. The predicted molar refractivity (Wildman–Crippen MR) is 105 cm³/mol. The van der Waals surface area contributed by atoms with Crippen LogP contribution in [-0.4, -0.2) is 20.9 Å². The maximum Gasteiger partial charge on any atom is 0.343 e. The topological polar surface area (TPSA) is 59.9 Å². The molecule has 26 heavy (non-hydrogen) atoms. The number of H-pyrrole nitrogens is 1. The molecular weight excluding hydrogens is 346 g/mol. The van der Waals surface area contributed by atoms with Crippen molar-refractivity contribution in [1.29, 1.82) is 0 Å². The Balaban J connectivity index is 1.64. The van der Waals surface area contributed by atoms with Gasteiger partial charge in [0.2, 0.25) is 0 Å². The van der Waals surface area contributed by atoms with Crippen molar-refractivity contribution in [3.05, 3.63) is 76.2 Å². The average Bonchev–Trinajstić information content (AvgIpc) is 2.98. The molecule has 0 fully saturated rings. The van der Waals surface area contributed by atoms with E-state index < -0.39 is 0 Å². The van der Waals surface area contributed by atoms with Crippen molar-refractivity contribution in [1.82, 2.24) is 14.8 Å². The molecule has 1 heterocycles. The van der Waals surface area contributed by atoms with E-state index in [9.17, 15) is 4.79 Å². The third-order valence-corrected chi connectivity index (χ3v) is 4.88. The third kappa shape index (κ3) is 5.02. The standard InChI is InChI=1S/C20H23N3O2S/c1-15(2)25-18-10-6-9-17(13-18)14-26-20-22-21-19(24)23(20)12-11-16-7-4-3-5-8-16/h3-10,13,15H,11-12,14H2,1-2H3,(H,21,24). The van der Waals surface area contributed by atoms with E-state index in [2.05, 4.69) is 28.4 Å². The smallest absolute Gasteiger partial charge is 0.343 e. The molecule has 3 rings (SSSR count). The molecule has 3 aromatic rings. The summed E-state index contributed by atoms with van der Waals surface area (Å²) in [6.45, 7) is 4.63. The minimum absolute atomic E-state index is 0.146. The van der Waals surface area contributed by atoms with Gasteiger partial charge >= 0.3 is 5.69 Å². The molecule has 136 valence electrons. The van der Waals surface area contributed by atoms with Gasteiger partial charge in [-0.15, -0.1) is 5.10 Å². The number of thioether (sulfide) groups is 1. The van der Waals surface area contributed by atoms with Crippen molar-refractivity contribution in [2.45, 2.75) is 43.8 Å². The molecule has 0 aliphatic heterocycles. The Morgan fingerprint density at radius 1 is 1.12 bits per heavy atom. The molecule has 0 atom stereocenters. The van der Waals surface area contributed by atoms with Crippen LogP contribution in [0, 0.1) is 0 Å². The number of benzene rings is 2. The fraction of sp³-hybridized carbons (Fsp3) is 0.300. The van der Waals surface area contributed by atoms with Gasteiger partial charge in [0.1, 0.15) is 5.75 Å². The molecule has 5 nitrogen and oxygen atoms in total. The summed E-state index contributed by atoms with van der Waals surface area (Å²) >= 11 is 1.55. The first kappa shape index (κ1) is 18.3. The van der Waals surface area contributed by atoms with Crippen LogP contribution in [0.4, 0.5) is 0 Å². The van der Waals surface area contributed by atoms with Crippen LogP contribution >= 0.6 is 11.8 Å². The number of ether oxygens (including phenoxy) is 1. The minimum atomic E-state index is -0.166. The number of hydrogen-bond donors (Lipinski definition) is 1. The van der Waals surface area contributed by atoms with E-state index in [0.717, 1.165) is 23.5 Å². The first-order valence-corrected chi connectivity index (χ1v) is 9.68. The van der Waals surface area contributed by atoms with E-state index in [1.165, 1.54) is 5.56 Å². The van der Waals surface area contributed by atoms with E-state index in [0.29, 0.717) is 11.7 Å². The van der Waals surface area contributed by atoms with Gasteiger partial charge in [-0.3, -0.25) is 4.57 Å². The van der Waals surface area contributed by atoms with Crippen LogP contribution in [-0.2, 0) is 18.7 Å². The Morgan fingerprint density at radius 3 is 2.65 bits per heavy atom. The first-order chi connectivity index (χ1) is 12.6. The fourth-order valence-corrected chi connectivity index (χ4v) is 3.54. The summed E-state index contributed by atoms with van der Waals surface area (Å²) < 4.78 is 7.44. The van der Waals surface area contributed by atoms with Gasteiger partial charge < -0.3 is 4.74 Å². The first-order valence-electron chi connectivity index (χ1n) is 8.69. The van der Waals surface area contributed by atoms with Crippen LogP contribution < -0.4 is 10.4 Å². The molecule has 6 heteroatoms. The molecule has 0 aliphatic rings. The number of aromatic amines is 1. The molecule has 0 aliphatic carbocycles. The molecule has 0 spiro atoms. The van der Waals surface area contributed by atoms with Crippen molar-refractivity contribution in [2.24, 2.45) is 0 Å². The summed E-state index contributed by atoms with van der Waals surface area (Å²) in [7, 11) is 0. The van der Waals surface area contributed by atoms with Crippen LogP contribution in [0.25, 0.3) is 0 Å². The van der Waals surface area contributed by atoms with Crippen LogP contribution in [0.2, 0.25) is 0 Å². The zero-order valence-corrected chi connectivity index (χ0v) is 15.8. The quantitative estimate of drug-likeness (QED) is 0.612. The lowest BCUT2D eigenvalue weighted by Crippen LogP contribution is -2.18. The lowest BCUT2D eigenvalue weighted by molar-refractivity contribution is 0.242. The predicted octanol–water partition coefficient (Wildman–Crippen LogP) is 3.89. The van der Waals surface area contributed by atoms with Gasteiger partial charge in [0, 0.05) is 12.3 Å². The van der Waals surface area contributed by atoms with Crippen LogP contribution in [0.1, 0.15) is 25.0 Å². The fourth-order valence-electron chi connectivity index (χ4n) is 2.62. The number of aryl methyl sites for hydroxylation is 1. The van der Waals surface area contributed by atoms with Gasteiger partial charge in [-0.2, -0.15) is 0 Å². The second-order valence-electron chi connectivity index (χ2n) is 6.30. The highest BCUT2D eigenvalue weighted by Crippen LogP contribution is 2.23. The van der Waals surface area contributed by atoms with Gasteiger partial charge in [0.25, 0.3) is 0 Å². The normalized spacial score (nSPS) is 11.0. The molecule has 0 saturated heterocycles. The zero-order chi connectivity index (χ0) is 18.4. The number of hydrogen-bond acceptors (Lipinski definition) is 4. The van der Waals surface area contributed by atoms with Crippen LogP contribution in [0.15, 0.2) is 64.5 Å². The van der Waals surface area contributed by atoms with Crippen molar-refractivity contribution in [2.75, 3.05) is 0 Å². The monoisotopic (exact) mass is 369 g/mol. The molecule has 0 saturated carbocycles. The second-order valence-corrected chi connectivity index (χ2v) is 7.24. The maximum absolute atomic E-state index is 12.1. The van der Waals surface area contributed by atoms with E-state index in [1.54, 1.807) is 16.3 Å². The molecule has 0 amide bonds. The summed E-state index contributed by atoms with van der Waals surface area (Å²) in [6.07, 6.45) is 0.943. The zero-order valence-electron chi connectivity index (χ0n) is 15.0. The summed E-state index contributed by atoms with van der Waals surface area (Å²) in [5.74, 6) is 1.59. The minimum Gasteiger partial charge on any atom is -0.491 e. The summed E-state index contributed by atoms with van der Waals surface area (Å²) in [5, 5.41) is 7.44. The number of aromatic nitrogens is 3. The SMILES string of the molecule is CC(C)Oc1cccc(CSc2n[nH]c(=O)n2CCc2ccccc2)c1. The molecule has 2 aromatic carbocycles. The van der Waals surface area contributed by atoms with Crippen molar-refractivity contribution in [3.8, 4) is 5.75 Å².